The first kappa shape index (κ1) is 20.6. The Morgan fingerprint density at radius 2 is 1.97 bits per heavy atom. The summed E-state index contributed by atoms with van der Waals surface area (Å²) in [7, 11) is 0. The largest absolute Gasteiger partial charge is 0.369 e. The Labute approximate surface area is 188 Å². The molecule has 164 valence electrons. The van der Waals surface area contributed by atoms with E-state index in [9.17, 15) is 0 Å². The lowest BCUT2D eigenvalue weighted by atomic mass is 10.2. The molecule has 5 rings (SSSR count). The van der Waals surface area contributed by atoms with Crippen molar-refractivity contribution in [2.45, 2.75) is 32.5 Å². The number of para-hydroxylation sites is 2. The lowest BCUT2D eigenvalue weighted by Crippen LogP contribution is -2.38. The predicted molar refractivity (Wildman–Crippen MR) is 126 cm³/mol. The van der Waals surface area contributed by atoms with Crippen LogP contribution in [0.1, 0.15) is 31.0 Å². The van der Waals surface area contributed by atoms with Gasteiger partial charge in [-0.1, -0.05) is 25.1 Å². The van der Waals surface area contributed by atoms with Crippen molar-refractivity contribution < 1.29 is 4.74 Å². The highest BCUT2D eigenvalue weighted by Gasteiger charge is 2.24. The third-order valence-corrected chi connectivity index (χ3v) is 5.75. The quantitative estimate of drug-likeness (QED) is 0.466. The summed E-state index contributed by atoms with van der Waals surface area (Å²) in [5.41, 5.74) is 4.14. The number of aryl methyl sites for hydroxylation is 1. The fourth-order valence-corrected chi connectivity index (χ4v) is 4.20. The molecular weight excluding hydrogens is 400 g/mol. The summed E-state index contributed by atoms with van der Waals surface area (Å²) in [6.07, 6.45) is 4.65. The number of morpholine rings is 1. The van der Waals surface area contributed by atoms with Gasteiger partial charge in [0.25, 0.3) is 0 Å². The zero-order chi connectivity index (χ0) is 21.8. The molecule has 4 heterocycles. The Hall–Kier alpha value is -3.29. The first-order chi connectivity index (χ1) is 15.8. The van der Waals surface area contributed by atoms with Crippen molar-refractivity contribution in [2.24, 2.45) is 0 Å². The molecule has 1 aromatic carbocycles. The fourth-order valence-electron chi connectivity index (χ4n) is 4.20. The van der Waals surface area contributed by atoms with Crippen molar-refractivity contribution in [1.29, 1.82) is 0 Å². The molecule has 0 bridgehead atoms. The summed E-state index contributed by atoms with van der Waals surface area (Å²) in [5.74, 6) is 1.92. The van der Waals surface area contributed by atoms with Gasteiger partial charge in [0.2, 0.25) is 0 Å². The Morgan fingerprint density at radius 1 is 1.06 bits per heavy atom. The van der Waals surface area contributed by atoms with E-state index in [0.29, 0.717) is 6.61 Å². The number of hydrogen-bond donors (Lipinski definition) is 1. The van der Waals surface area contributed by atoms with Crippen LogP contribution in [0.2, 0.25) is 0 Å². The number of nitrogens with one attached hydrogen (secondary N) is 1. The second-order valence-electron chi connectivity index (χ2n) is 8.07. The second-order valence-corrected chi connectivity index (χ2v) is 8.07. The topological polar surface area (TPSA) is 68.1 Å². The maximum Gasteiger partial charge on any atom is 0.130 e. The van der Waals surface area contributed by atoms with E-state index in [-0.39, 0.29) is 6.10 Å². The van der Waals surface area contributed by atoms with Gasteiger partial charge in [-0.25, -0.2) is 9.97 Å². The molecule has 7 nitrogen and oxygen atoms in total. The molecular formula is C25H28N6O. The molecule has 0 saturated carbocycles. The molecule has 32 heavy (non-hydrogen) atoms. The van der Waals surface area contributed by atoms with Gasteiger partial charge in [-0.05, 0) is 42.8 Å². The third kappa shape index (κ3) is 4.49. The first-order valence-electron chi connectivity index (χ1n) is 11.2. The smallest absolute Gasteiger partial charge is 0.130 e. The van der Waals surface area contributed by atoms with Crippen LogP contribution in [0.4, 0.5) is 11.5 Å². The SMILES string of the molecule is CCCn1c(CN2CCO[C@@H](c3ccc(Nc4ccccn4)cn3)C2)nc2ccccc21. The minimum atomic E-state index is -0.0448. The van der Waals surface area contributed by atoms with Crippen LogP contribution >= 0.6 is 0 Å². The monoisotopic (exact) mass is 428 g/mol. The molecule has 1 N–H and O–H groups in total. The Balaban J connectivity index is 1.28. The molecule has 4 aromatic rings. The molecule has 1 atom stereocenters. The zero-order valence-corrected chi connectivity index (χ0v) is 18.3. The third-order valence-electron chi connectivity index (χ3n) is 5.75. The van der Waals surface area contributed by atoms with Gasteiger partial charge in [0.1, 0.15) is 17.7 Å². The summed E-state index contributed by atoms with van der Waals surface area (Å²) in [5, 5.41) is 3.27. The predicted octanol–water partition coefficient (Wildman–Crippen LogP) is 4.55. The molecule has 3 aromatic heterocycles. The number of hydrogen-bond acceptors (Lipinski definition) is 6. The van der Waals surface area contributed by atoms with Gasteiger partial charge in [-0.3, -0.25) is 9.88 Å². The first-order valence-corrected chi connectivity index (χ1v) is 11.2. The molecule has 0 radical (unpaired) electrons. The highest BCUT2D eigenvalue weighted by Crippen LogP contribution is 2.25. The van der Waals surface area contributed by atoms with Crippen LogP contribution in [0.5, 0.6) is 0 Å². The minimum Gasteiger partial charge on any atom is -0.369 e. The van der Waals surface area contributed by atoms with Crippen molar-refractivity contribution in [3.8, 4) is 0 Å². The lowest BCUT2D eigenvalue weighted by molar-refractivity contribution is -0.0359. The fraction of sp³-hybridized carbons (Fsp3) is 0.320. The zero-order valence-electron chi connectivity index (χ0n) is 18.3. The van der Waals surface area contributed by atoms with Crippen molar-refractivity contribution in [3.05, 3.63) is 78.5 Å². The number of ether oxygens (including phenoxy) is 1. The number of anilines is 2. The molecule has 0 amide bonds. The van der Waals surface area contributed by atoms with Crippen molar-refractivity contribution in [3.63, 3.8) is 0 Å². The molecule has 0 aliphatic carbocycles. The summed E-state index contributed by atoms with van der Waals surface area (Å²) >= 11 is 0. The van der Waals surface area contributed by atoms with E-state index in [1.165, 1.54) is 5.52 Å². The summed E-state index contributed by atoms with van der Waals surface area (Å²) in [6, 6.07) is 18.2. The van der Waals surface area contributed by atoms with E-state index in [2.05, 4.69) is 55.9 Å². The second kappa shape index (κ2) is 9.46. The summed E-state index contributed by atoms with van der Waals surface area (Å²) in [6.45, 7) is 6.39. The molecule has 0 unspecified atom stereocenters. The Morgan fingerprint density at radius 3 is 2.78 bits per heavy atom. The van der Waals surface area contributed by atoms with Crippen LogP contribution in [-0.4, -0.2) is 44.1 Å². The van der Waals surface area contributed by atoms with Crippen LogP contribution in [0.15, 0.2) is 67.0 Å². The number of fused-ring (bicyclic) bond motifs is 1. The maximum atomic E-state index is 6.06. The minimum absolute atomic E-state index is 0.0448. The number of aromatic nitrogens is 4. The number of rotatable bonds is 7. The molecule has 0 spiro atoms. The van der Waals surface area contributed by atoms with Crippen LogP contribution in [-0.2, 0) is 17.8 Å². The normalized spacial score (nSPS) is 17.0. The highest BCUT2D eigenvalue weighted by molar-refractivity contribution is 5.75. The highest BCUT2D eigenvalue weighted by atomic mass is 16.5. The van der Waals surface area contributed by atoms with Gasteiger partial charge < -0.3 is 14.6 Å². The average molecular weight is 429 g/mol. The lowest BCUT2D eigenvalue weighted by Gasteiger charge is -2.32. The van der Waals surface area contributed by atoms with Gasteiger partial charge in [-0.2, -0.15) is 0 Å². The molecule has 1 saturated heterocycles. The Bertz CT molecular complexity index is 1160. The van der Waals surface area contributed by atoms with Gasteiger partial charge in [0, 0.05) is 25.8 Å². The van der Waals surface area contributed by atoms with Gasteiger partial charge in [0.15, 0.2) is 0 Å². The van der Waals surface area contributed by atoms with Crippen LogP contribution in [0, 0.1) is 0 Å². The van der Waals surface area contributed by atoms with E-state index < -0.39 is 0 Å². The van der Waals surface area contributed by atoms with E-state index >= 15 is 0 Å². The van der Waals surface area contributed by atoms with Crippen LogP contribution < -0.4 is 5.32 Å². The number of imidazole rings is 1. The van der Waals surface area contributed by atoms with Crippen molar-refractivity contribution in [1.82, 2.24) is 24.4 Å². The summed E-state index contributed by atoms with van der Waals surface area (Å²) in [4.78, 5) is 16.3. The number of benzene rings is 1. The number of nitrogens with zero attached hydrogens (tertiary/aromatic N) is 5. The number of pyridine rings is 2. The average Bonchev–Trinajstić information content (AvgIpc) is 3.18. The van der Waals surface area contributed by atoms with E-state index in [1.54, 1.807) is 6.20 Å². The molecule has 1 aliphatic heterocycles. The molecule has 7 heteroatoms. The van der Waals surface area contributed by atoms with E-state index in [1.807, 2.05) is 36.5 Å². The standard InChI is InChI=1S/C25H28N6O/c1-2-13-31-22-8-4-3-7-20(22)29-25(31)18-30-14-15-32-23(17-30)21-11-10-19(16-27-21)28-24-9-5-6-12-26-24/h3-12,16,23H,2,13-15,17-18H2,1H3,(H,26,28)/t23-/m1/s1. The molecule has 1 aliphatic rings. The molecule has 1 fully saturated rings. The van der Waals surface area contributed by atoms with E-state index in [4.69, 9.17) is 9.72 Å². The van der Waals surface area contributed by atoms with Crippen molar-refractivity contribution in [2.75, 3.05) is 25.0 Å². The van der Waals surface area contributed by atoms with Gasteiger partial charge in [-0.15, -0.1) is 0 Å². The summed E-state index contributed by atoms with van der Waals surface area (Å²) < 4.78 is 8.42. The van der Waals surface area contributed by atoms with Gasteiger partial charge in [0.05, 0.1) is 41.8 Å². The Kier molecular flexibility index (Phi) is 6.09. The van der Waals surface area contributed by atoms with Crippen molar-refractivity contribution >= 4 is 22.5 Å². The van der Waals surface area contributed by atoms with Gasteiger partial charge >= 0.3 is 0 Å². The van der Waals surface area contributed by atoms with Crippen LogP contribution in [0.25, 0.3) is 11.0 Å². The van der Waals surface area contributed by atoms with Crippen LogP contribution in [0.3, 0.4) is 0 Å². The van der Waals surface area contributed by atoms with E-state index in [0.717, 1.165) is 61.1 Å². The maximum absolute atomic E-state index is 6.06.